The Hall–Kier alpha value is -3.10. The lowest BCUT2D eigenvalue weighted by Crippen LogP contribution is -2.36. The normalized spacial score (nSPS) is 14.6. The third-order valence-corrected chi connectivity index (χ3v) is 4.80. The molecule has 1 amide bonds. The maximum Gasteiger partial charge on any atom is 0.266 e. The van der Waals surface area contributed by atoms with Crippen LogP contribution in [-0.2, 0) is 9.53 Å². The van der Waals surface area contributed by atoms with Gasteiger partial charge in [0.1, 0.15) is 11.6 Å². The molecule has 1 heterocycles. The number of morpholine rings is 1. The summed E-state index contributed by atoms with van der Waals surface area (Å²) >= 11 is 0. The fourth-order valence-corrected chi connectivity index (χ4v) is 2.99. The maximum absolute atomic E-state index is 12.5. The van der Waals surface area contributed by atoms with Crippen molar-refractivity contribution in [1.82, 2.24) is 0 Å². The molecule has 1 aliphatic heterocycles. The first-order chi connectivity index (χ1) is 13.1. The molecule has 0 aromatic heterocycles. The lowest BCUT2D eigenvalue weighted by molar-refractivity contribution is -0.112. The second-order valence-electron chi connectivity index (χ2n) is 6.56. The van der Waals surface area contributed by atoms with Gasteiger partial charge in [-0.3, -0.25) is 4.79 Å². The van der Waals surface area contributed by atoms with Gasteiger partial charge in [0, 0.05) is 24.5 Å². The maximum atomic E-state index is 12.5. The van der Waals surface area contributed by atoms with Crippen LogP contribution < -0.4 is 10.2 Å². The molecule has 2 aromatic carbocycles. The minimum absolute atomic E-state index is 0.0787. The number of carbonyl (C=O) groups is 1. The van der Waals surface area contributed by atoms with Crippen LogP contribution in [0.2, 0.25) is 0 Å². The van der Waals surface area contributed by atoms with E-state index in [0.717, 1.165) is 54.4 Å². The van der Waals surface area contributed by atoms with Crippen LogP contribution in [0.25, 0.3) is 6.08 Å². The molecule has 5 nitrogen and oxygen atoms in total. The third-order valence-electron chi connectivity index (χ3n) is 4.80. The highest BCUT2D eigenvalue weighted by Gasteiger charge is 2.13. The quantitative estimate of drug-likeness (QED) is 0.666. The molecular weight excluding hydrogens is 338 g/mol. The van der Waals surface area contributed by atoms with Gasteiger partial charge in [0.05, 0.1) is 13.2 Å². The van der Waals surface area contributed by atoms with E-state index >= 15 is 0 Å². The highest BCUT2D eigenvalue weighted by molar-refractivity contribution is 6.10. The number of amides is 1. The standard InChI is InChI=1S/C22H23N3O2/c1-16-4-3-5-21(17(16)2)24-22(26)19(15-23)14-18-6-8-20(9-7-18)25-10-12-27-13-11-25/h3-9,14H,10-13H2,1-2H3,(H,24,26)/b19-14-. The fraction of sp³-hybridized carbons (Fsp3) is 0.273. The van der Waals surface area contributed by atoms with Crippen LogP contribution in [0, 0.1) is 25.2 Å². The average Bonchev–Trinajstić information content (AvgIpc) is 2.70. The summed E-state index contributed by atoms with van der Waals surface area (Å²) in [5.41, 5.74) is 4.83. The minimum Gasteiger partial charge on any atom is -0.378 e. The van der Waals surface area contributed by atoms with Gasteiger partial charge in [-0.25, -0.2) is 0 Å². The number of carbonyl (C=O) groups excluding carboxylic acids is 1. The van der Waals surface area contributed by atoms with E-state index in [0.29, 0.717) is 0 Å². The van der Waals surface area contributed by atoms with Gasteiger partial charge < -0.3 is 15.0 Å². The van der Waals surface area contributed by atoms with E-state index in [4.69, 9.17) is 4.74 Å². The monoisotopic (exact) mass is 361 g/mol. The predicted octanol–water partition coefficient (Wildman–Crippen LogP) is 3.69. The summed E-state index contributed by atoms with van der Waals surface area (Å²) in [6.45, 7) is 7.15. The Morgan fingerprint density at radius 2 is 1.85 bits per heavy atom. The summed E-state index contributed by atoms with van der Waals surface area (Å²) in [5, 5.41) is 12.3. The van der Waals surface area contributed by atoms with Crippen molar-refractivity contribution in [3.8, 4) is 6.07 Å². The molecule has 0 spiro atoms. The number of nitrogens with one attached hydrogen (secondary N) is 1. The first kappa shape index (κ1) is 18.7. The number of hydrogen-bond acceptors (Lipinski definition) is 4. The number of nitriles is 1. The van der Waals surface area contributed by atoms with E-state index < -0.39 is 5.91 Å². The summed E-state index contributed by atoms with van der Waals surface area (Å²) < 4.78 is 5.37. The van der Waals surface area contributed by atoms with Crippen molar-refractivity contribution in [3.63, 3.8) is 0 Å². The van der Waals surface area contributed by atoms with Crippen molar-refractivity contribution in [3.05, 3.63) is 64.7 Å². The van der Waals surface area contributed by atoms with Crippen molar-refractivity contribution in [1.29, 1.82) is 5.26 Å². The van der Waals surface area contributed by atoms with Crippen molar-refractivity contribution in [2.75, 3.05) is 36.5 Å². The molecule has 0 atom stereocenters. The molecule has 0 aliphatic carbocycles. The number of rotatable bonds is 4. The van der Waals surface area contributed by atoms with Crippen molar-refractivity contribution < 1.29 is 9.53 Å². The largest absolute Gasteiger partial charge is 0.378 e. The average molecular weight is 361 g/mol. The molecule has 3 rings (SSSR count). The van der Waals surface area contributed by atoms with Gasteiger partial charge in [0.25, 0.3) is 5.91 Å². The topological polar surface area (TPSA) is 65.4 Å². The van der Waals surface area contributed by atoms with E-state index in [1.165, 1.54) is 0 Å². The van der Waals surface area contributed by atoms with E-state index in [-0.39, 0.29) is 5.57 Å². The van der Waals surface area contributed by atoms with Gasteiger partial charge in [-0.15, -0.1) is 0 Å². The number of benzene rings is 2. The predicted molar refractivity (Wildman–Crippen MR) is 108 cm³/mol. The number of aryl methyl sites for hydroxylation is 1. The Morgan fingerprint density at radius 1 is 1.15 bits per heavy atom. The molecule has 0 radical (unpaired) electrons. The molecule has 27 heavy (non-hydrogen) atoms. The van der Waals surface area contributed by atoms with Crippen LogP contribution in [0.15, 0.2) is 48.0 Å². The zero-order chi connectivity index (χ0) is 19.2. The first-order valence-electron chi connectivity index (χ1n) is 9.00. The van der Waals surface area contributed by atoms with Crippen LogP contribution >= 0.6 is 0 Å². The third kappa shape index (κ3) is 4.55. The first-order valence-corrected chi connectivity index (χ1v) is 9.00. The van der Waals surface area contributed by atoms with Crippen LogP contribution in [0.1, 0.15) is 16.7 Å². The number of ether oxygens (including phenoxy) is 1. The highest BCUT2D eigenvalue weighted by atomic mass is 16.5. The Balaban J connectivity index is 1.74. The summed E-state index contributed by atoms with van der Waals surface area (Å²) in [6.07, 6.45) is 1.61. The molecule has 2 aromatic rings. The van der Waals surface area contributed by atoms with Gasteiger partial charge in [0.2, 0.25) is 0 Å². The number of nitrogens with zero attached hydrogens (tertiary/aromatic N) is 2. The lowest BCUT2D eigenvalue weighted by Gasteiger charge is -2.28. The van der Waals surface area contributed by atoms with Gasteiger partial charge in [0.15, 0.2) is 0 Å². The van der Waals surface area contributed by atoms with Gasteiger partial charge in [-0.2, -0.15) is 5.26 Å². The van der Waals surface area contributed by atoms with E-state index in [1.54, 1.807) is 6.08 Å². The summed E-state index contributed by atoms with van der Waals surface area (Å²) in [5.74, 6) is -0.400. The summed E-state index contributed by atoms with van der Waals surface area (Å²) in [7, 11) is 0. The second-order valence-corrected chi connectivity index (χ2v) is 6.56. The molecule has 0 bridgehead atoms. The zero-order valence-corrected chi connectivity index (χ0v) is 15.7. The minimum atomic E-state index is -0.400. The smallest absolute Gasteiger partial charge is 0.266 e. The van der Waals surface area contributed by atoms with Gasteiger partial charge >= 0.3 is 0 Å². The summed E-state index contributed by atoms with van der Waals surface area (Å²) in [6, 6.07) is 15.6. The SMILES string of the molecule is Cc1cccc(NC(=O)/C(C#N)=C\c2ccc(N3CCOCC3)cc2)c1C. The van der Waals surface area contributed by atoms with E-state index in [1.807, 2.05) is 62.4 Å². The van der Waals surface area contributed by atoms with Crippen molar-refractivity contribution in [2.24, 2.45) is 0 Å². The zero-order valence-electron chi connectivity index (χ0n) is 15.7. The van der Waals surface area contributed by atoms with Crippen LogP contribution in [-0.4, -0.2) is 32.2 Å². The number of hydrogen-bond donors (Lipinski definition) is 1. The second kappa shape index (κ2) is 8.52. The Labute approximate surface area is 159 Å². The lowest BCUT2D eigenvalue weighted by atomic mass is 10.1. The van der Waals surface area contributed by atoms with Crippen LogP contribution in [0.5, 0.6) is 0 Å². The Kier molecular flexibility index (Phi) is 5.90. The van der Waals surface area contributed by atoms with Gasteiger partial charge in [-0.1, -0.05) is 24.3 Å². The number of anilines is 2. The Morgan fingerprint density at radius 3 is 2.52 bits per heavy atom. The van der Waals surface area contributed by atoms with Crippen LogP contribution in [0.3, 0.4) is 0 Å². The van der Waals surface area contributed by atoms with Gasteiger partial charge in [-0.05, 0) is 54.8 Å². The Bertz CT molecular complexity index is 889. The molecule has 5 heteroatoms. The fourth-order valence-electron chi connectivity index (χ4n) is 2.99. The molecule has 138 valence electrons. The molecule has 1 saturated heterocycles. The molecular formula is C22H23N3O2. The van der Waals surface area contributed by atoms with Crippen molar-refractivity contribution in [2.45, 2.75) is 13.8 Å². The van der Waals surface area contributed by atoms with Crippen molar-refractivity contribution >= 4 is 23.4 Å². The molecule has 0 unspecified atom stereocenters. The van der Waals surface area contributed by atoms with E-state index in [2.05, 4.69) is 10.2 Å². The molecule has 1 N–H and O–H groups in total. The molecule has 0 saturated carbocycles. The highest BCUT2D eigenvalue weighted by Crippen LogP contribution is 2.20. The molecule has 1 fully saturated rings. The van der Waals surface area contributed by atoms with Crippen LogP contribution in [0.4, 0.5) is 11.4 Å². The summed E-state index contributed by atoms with van der Waals surface area (Å²) in [4.78, 5) is 14.8. The van der Waals surface area contributed by atoms with E-state index in [9.17, 15) is 10.1 Å². The molecule has 1 aliphatic rings.